The van der Waals surface area contributed by atoms with Gasteiger partial charge in [-0.25, -0.2) is 39.1 Å². The molecule has 0 aliphatic carbocycles. The van der Waals surface area contributed by atoms with Crippen LogP contribution in [0.4, 0.5) is 38.2 Å². The van der Waals surface area contributed by atoms with Gasteiger partial charge in [0, 0.05) is 35.1 Å². The van der Waals surface area contributed by atoms with Crippen molar-refractivity contribution in [2.45, 2.75) is 84.3 Å². The number of nitrogens with one attached hydrogen (secondary N) is 3. The number of carbonyl (C=O) groups is 4. The van der Waals surface area contributed by atoms with Crippen LogP contribution in [0.15, 0.2) is 71.2 Å². The molecular weight excluding hydrogens is 808 g/mol. The first-order chi connectivity index (χ1) is 26.8. The first-order valence-electron chi connectivity index (χ1n) is 17.3. The second-order valence-corrected chi connectivity index (χ2v) is 15.1. The molecule has 4 rings (SSSR count). The second-order valence-electron chi connectivity index (χ2n) is 13.2. The van der Waals surface area contributed by atoms with Crippen LogP contribution in [0.2, 0.25) is 5.15 Å². The summed E-state index contributed by atoms with van der Waals surface area (Å²) < 4.78 is 20.2. The maximum atomic E-state index is 12.2. The van der Waals surface area contributed by atoms with Crippen molar-refractivity contribution in [1.29, 1.82) is 0 Å². The maximum absolute atomic E-state index is 12.2. The highest BCUT2D eigenvalue weighted by atomic mass is 35.5. The fraction of sp³-hybridized carbons (Fsp3) is 0.385. The van der Waals surface area contributed by atoms with Crippen LogP contribution in [0.1, 0.15) is 83.5 Å². The zero-order valence-corrected chi connectivity index (χ0v) is 35.9. The van der Waals surface area contributed by atoms with E-state index in [0.29, 0.717) is 45.5 Å². The molecule has 0 radical (unpaired) electrons. The van der Waals surface area contributed by atoms with Gasteiger partial charge in [-0.05, 0) is 104 Å². The number of thioether (sulfide) groups is 2. The smallest absolute Gasteiger partial charge is 0.412 e. The van der Waals surface area contributed by atoms with Crippen LogP contribution in [-0.4, -0.2) is 81.0 Å². The lowest BCUT2D eigenvalue weighted by atomic mass is 10.2. The molecule has 2 heterocycles. The van der Waals surface area contributed by atoms with E-state index in [1.807, 2.05) is 33.3 Å². The Kier molecular flexibility index (Phi) is 21.4. The van der Waals surface area contributed by atoms with Crippen molar-refractivity contribution >= 4 is 87.8 Å². The minimum absolute atomic E-state index is 0. The topological polar surface area (TPSA) is 219 Å². The number of benzene rings is 2. The lowest BCUT2D eigenvalue weighted by Gasteiger charge is -2.20. The predicted molar refractivity (Wildman–Crippen MR) is 232 cm³/mol. The fourth-order valence-corrected chi connectivity index (χ4v) is 4.92. The van der Waals surface area contributed by atoms with Crippen molar-refractivity contribution in [2.24, 2.45) is 0 Å². The third kappa shape index (κ3) is 19.2. The molecule has 0 aliphatic heterocycles. The summed E-state index contributed by atoms with van der Waals surface area (Å²) in [5.41, 5.74) is 7.30. The average molecular weight is 861 g/mol. The van der Waals surface area contributed by atoms with E-state index in [1.54, 1.807) is 83.1 Å². The largest absolute Gasteiger partial charge is 0.462 e. The van der Waals surface area contributed by atoms with Crippen LogP contribution >= 0.6 is 35.1 Å². The average Bonchev–Trinajstić information content (AvgIpc) is 3.10. The Labute approximate surface area is 353 Å². The highest BCUT2D eigenvalue weighted by Gasteiger charge is 2.19. The summed E-state index contributed by atoms with van der Waals surface area (Å²) in [5.74, 6) is -0.682. The zero-order chi connectivity index (χ0) is 42.8. The number of amides is 2. The van der Waals surface area contributed by atoms with Gasteiger partial charge in [0.15, 0.2) is 10.3 Å². The summed E-state index contributed by atoms with van der Waals surface area (Å²) in [4.78, 5) is 63.1. The molecule has 2 aromatic carbocycles. The van der Waals surface area contributed by atoms with Crippen molar-refractivity contribution in [2.75, 3.05) is 47.4 Å². The Morgan fingerprint density at radius 2 is 1.16 bits per heavy atom. The molecule has 0 fully saturated rings. The Balaban J connectivity index is 0.000000474. The number of anilines is 5. The van der Waals surface area contributed by atoms with E-state index < -0.39 is 35.3 Å². The van der Waals surface area contributed by atoms with Gasteiger partial charge >= 0.3 is 24.1 Å². The number of nitrogen functional groups attached to an aromatic ring is 1. The lowest BCUT2D eigenvalue weighted by Crippen LogP contribution is -2.27. The standard InChI is InChI=1S/C19H24N4O4S.C11H16N2O2.C8H9ClN2O2S.CH4/c1-6-26-16(24)14-11-20-17(28-5)23-15(14)21-12-8-7-9-13(10-12)22-18(25)27-19(2,3)4;1-11(2,3)15-10(14)13-9-6-4-5-8(12)7-9;1-3-13-7(12)5-4-10-8(14-2)11-6(5)9;/h7-11H,6H2,1-5H3,(H,22,25)(H,20,21,23);4-7H,12H2,1-3H3,(H,13,14);4H,3H2,1-2H3;1H4. The van der Waals surface area contributed by atoms with Gasteiger partial charge in [-0.2, -0.15) is 0 Å². The molecule has 2 amide bonds. The Bertz CT molecular complexity index is 1980. The third-order valence-electron chi connectivity index (χ3n) is 6.15. The normalized spacial score (nSPS) is 10.5. The van der Waals surface area contributed by atoms with Crippen LogP contribution in [0.3, 0.4) is 0 Å². The molecule has 19 heteroatoms. The van der Waals surface area contributed by atoms with Crippen molar-refractivity contribution < 1.29 is 38.1 Å². The zero-order valence-electron chi connectivity index (χ0n) is 33.5. The summed E-state index contributed by atoms with van der Waals surface area (Å²) in [6, 6.07) is 13.9. The highest BCUT2D eigenvalue weighted by molar-refractivity contribution is 7.98. The first-order valence-corrected chi connectivity index (χ1v) is 20.1. The highest BCUT2D eigenvalue weighted by Crippen LogP contribution is 2.25. The molecule has 316 valence electrons. The van der Waals surface area contributed by atoms with Crippen LogP contribution in [0.5, 0.6) is 0 Å². The number of hydrogen-bond acceptors (Lipinski definition) is 16. The molecule has 0 spiro atoms. The molecule has 5 N–H and O–H groups in total. The summed E-state index contributed by atoms with van der Waals surface area (Å²) in [7, 11) is 0. The Morgan fingerprint density at radius 3 is 1.62 bits per heavy atom. The Hall–Kier alpha value is -5.33. The lowest BCUT2D eigenvalue weighted by molar-refractivity contribution is 0.0516. The van der Waals surface area contributed by atoms with Crippen molar-refractivity contribution in [3.05, 3.63) is 77.2 Å². The van der Waals surface area contributed by atoms with Crippen molar-refractivity contribution in [3.63, 3.8) is 0 Å². The molecule has 0 aliphatic rings. The molecule has 0 saturated heterocycles. The molecule has 16 nitrogen and oxygen atoms in total. The van der Waals surface area contributed by atoms with Gasteiger partial charge in [-0.3, -0.25) is 10.6 Å². The van der Waals surface area contributed by atoms with E-state index in [-0.39, 0.29) is 30.3 Å². The third-order valence-corrected chi connectivity index (χ3v) is 7.56. The first kappa shape index (κ1) is 50.7. The number of nitrogens with zero attached hydrogens (tertiary/aromatic N) is 4. The number of carbonyl (C=O) groups excluding carboxylic acids is 4. The van der Waals surface area contributed by atoms with Gasteiger partial charge in [0.2, 0.25) is 0 Å². The number of rotatable bonds is 10. The van der Waals surface area contributed by atoms with Gasteiger partial charge in [-0.15, -0.1) is 0 Å². The minimum Gasteiger partial charge on any atom is -0.462 e. The van der Waals surface area contributed by atoms with E-state index in [4.69, 9.17) is 36.3 Å². The molecule has 0 saturated carbocycles. The number of aromatic nitrogens is 4. The number of halogens is 1. The van der Waals surface area contributed by atoms with Crippen molar-refractivity contribution in [1.82, 2.24) is 19.9 Å². The molecule has 0 unspecified atom stereocenters. The van der Waals surface area contributed by atoms with Gasteiger partial charge in [0.25, 0.3) is 0 Å². The van der Waals surface area contributed by atoms with E-state index in [9.17, 15) is 19.2 Å². The minimum atomic E-state index is -0.594. The number of esters is 2. The van der Waals surface area contributed by atoms with E-state index in [2.05, 4.69) is 35.9 Å². The number of ether oxygens (including phenoxy) is 4. The number of hydrogen-bond donors (Lipinski definition) is 4. The summed E-state index contributed by atoms with van der Waals surface area (Å²) in [6.07, 6.45) is 5.45. The quantitative estimate of drug-likeness (QED) is 0.0291. The van der Waals surface area contributed by atoms with Crippen molar-refractivity contribution in [3.8, 4) is 0 Å². The molecule has 4 aromatic rings. The molecule has 2 aromatic heterocycles. The second kappa shape index (κ2) is 24.4. The van der Waals surface area contributed by atoms with E-state index in [0.717, 1.165) is 0 Å². The van der Waals surface area contributed by atoms with Crippen LogP contribution in [0, 0.1) is 0 Å². The van der Waals surface area contributed by atoms with Gasteiger partial charge in [-0.1, -0.05) is 54.7 Å². The molecule has 58 heavy (non-hydrogen) atoms. The molecule has 0 bridgehead atoms. The fourth-order valence-electron chi connectivity index (χ4n) is 3.98. The summed E-state index contributed by atoms with van der Waals surface area (Å²) in [5, 5.41) is 9.54. The van der Waals surface area contributed by atoms with Gasteiger partial charge < -0.3 is 30.0 Å². The van der Waals surface area contributed by atoms with Gasteiger partial charge in [0.1, 0.15) is 33.3 Å². The molecule has 0 atom stereocenters. The monoisotopic (exact) mass is 860 g/mol. The van der Waals surface area contributed by atoms with Gasteiger partial charge in [0.05, 0.1) is 13.2 Å². The maximum Gasteiger partial charge on any atom is 0.412 e. The van der Waals surface area contributed by atoms with E-state index >= 15 is 0 Å². The van der Waals surface area contributed by atoms with Crippen LogP contribution in [0.25, 0.3) is 0 Å². The van der Waals surface area contributed by atoms with E-state index in [1.165, 1.54) is 35.9 Å². The van der Waals surface area contributed by atoms with Crippen LogP contribution < -0.4 is 21.7 Å². The summed E-state index contributed by atoms with van der Waals surface area (Å²) in [6.45, 7) is 14.8. The summed E-state index contributed by atoms with van der Waals surface area (Å²) >= 11 is 8.49. The SMILES string of the molecule is C.CC(C)(C)OC(=O)Nc1cccc(N)c1.CCOC(=O)c1cnc(SC)nc1Cl.CCOC(=O)c1cnc(SC)nc1Nc1cccc(NC(=O)OC(C)(C)C)c1. The Morgan fingerprint density at radius 1 is 0.707 bits per heavy atom. The number of nitrogens with two attached hydrogens (primary N) is 1. The molecular formula is C39H53ClN8O8S2. The predicted octanol–water partition coefficient (Wildman–Crippen LogP) is 9.75. The van der Waals surface area contributed by atoms with Crippen LogP contribution in [-0.2, 0) is 18.9 Å².